The van der Waals surface area contributed by atoms with Crippen molar-refractivity contribution in [1.29, 1.82) is 5.26 Å². The molecule has 126 valence electrons. The summed E-state index contributed by atoms with van der Waals surface area (Å²) in [5.41, 5.74) is 2.03. The SMILES string of the molecule is CCCCCOc1ccc([C@H]2CC[C@H](CCC)CC2)cc1C#N. The van der Waals surface area contributed by atoms with Crippen LogP contribution < -0.4 is 4.74 Å². The fraction of sp³-hybridized carbons (Fsp3) is 0.667. The van der Waals surface area contributed by atoms with E-state index < -0.39 is 0 Å². The Bertz CT molecular complexity index is 509. The van der Waals surface area contributed by atoms with Gasteiger partial charge in [0.1, 0.15) is 11.8 Å². The van der Waals surface area contributed by atoms with Crippen molar-refractivity contribution >= 4 is 0 Å². The van der Waals surface area contributed by atoms with E-state index in [1.54, 1.807) is 0 Å². The molecule has 0 unspecified atom stereocenters. The summed E-state index contributed by atoms with van der Waals surface area (Å²) in [7, 11) is 0. The highest BCUT2D eigenvalue weighted by Crippen LogP contribution is 2.38. The molecule has 0 aromatic heterocycles. The first-order valence-corrected chi connectivity index (χ1v) is 9.45. The van der Waals surface area contributed by atoms with Crippen molar-refractivity contribution in [3.63, 3.8) is 0 Å². The van der Waals surface area contributed by atoms with Crippen molar-refractivity contribution in [2.24, 2.45) is 5.92 Å². The van der Waals surface area contributed by atoms with Gasteiger partial charge >= 0.3 is 0 Å². The molecule has 0 atom stereocenters. The van der Waals surface area contributed by atoms with Gasteiger partial charge in [-0.3, -0.25) is 0 Å². The third-order valence-corrected chi connectivity index (χ3v) is 5.14. The molecule has 0 radical (unpaired) electrons. The van der Waals surface area contributed by atoms with Crippen LogP contribution in [0.15, 0.2) is 18.2 Å². The molecule has 1 aliphatic carbocycles. The van der Waals surface area contributed by atoms with Gasteiger partial charge in [-0.1, -0.05) is 45.6 Å². The lowest BCUT2D eigenvalue weighted by Gasteiger charge is -2.28. The van der Waals surface area contributed by atoms with Crippen molar-refractivity contribution in [2.45, 2.75) is 77.6 Å². The molecule has 2 rings (SSSR count). The van der Waals surface area contributed by atoms with E-state index in [1.165, 1.54) is 56.9 Å². The summed E-state index contributed by atoms with van der Waals surface area (Å²) in [4.78, 5) is 0. The van der Waals surface area contributed by atoms with Crippen LogP contribution in [0.4, 0.5) is 0 Å². The molecular weight excluding hydrogens is 282 g/mol. The zero-order valence-corrected chi connectivity index (χ0v) is 14.8. The number of unbranched alkanes of at least 4 members (excludes halogenated alkanes) is 2. The van der Waals surface area contributed by atoms with Gasteiger partial charge in [0.25, 0.3) is 0 Å². The molecule has 0 spiro atoms. The number of hydrogen-bond acceptors (Lipinski definition) is 2. The van der Waals surface area contributed by atoms with Crippen LogP contribution in [0, 0.1) is 17.2 Å². The van der Waals surface area contributed by atoms with E-state index in [-0.39, 0.29) is 0 Å². The Hall–Kier alpha value is -1.49. The fourth-order valence-electron chi connectivity index (χ4n) is 3.74. The van der Waals surface area contributed by atoms with E-state index in [1.807, 2.05) is 6.07 Å². The molecule has 0 bridgehead atoms. The molecule has 1 saturated carbocycles. The number of benzene rings is 1. The van der Waals surface area contributed by atoms with Gasteiger partial charge in [-0.2, -0.15) is 5.26 Å². The van der Waals surface area contributed by atoms with E-state index in [2.05, 4.69) is 32.0 Å². The molecule has 0 heterocycles. The second-order valence-corrected chi connectivity index (χ2v) is 6.93. The molecule has 0 aliphatic heterocycles. The van der Waals surface area contributed by atoms with Gasteiger partial charge in [0.15, 0.2) is 0 Å². The van der Waals surface area contributed by atoms with Crippen LogP contribution in [0.5, 0.6) is 5.75 Å². The number of ether oxygens (including phenoxy) is 1. The minimum Gasteiger partial charge on any atom is -0.492 e. The minimum atomic E-state index is 0.629. The highest BCUT2D eigenvalue weighted by molar-refractivity contribution is 5.46. The van der Waals surface area contributed by atoms with Crippen LogP contribution in [-0.4, -0.2) is 6.61 Å². The van der Waals surface area contributed by atoms with Gasteiger partial charge in [-0.25, -0.2) is 0 Å². The zero-order chi connectivity index (χ0) is 16.5. The summed E-state index contributed by atoms with van der Waals surface area (Å²) in [5.74, 6) is 2.31. The van der Waals surface area contributed by atoms with Crippen molar-refractivity contribution in [2.75, 3.05) is 6.61 Å². The highest BCUT2D eigenvalue weighted by atomic mass is 16.5. The molecule has 2 heteroatoms. The normalized spacial score (nSPS) is 20.9. The van der Waals surface area contributed by atoms with Gasteiger partial charge in [0.2, 0.25) is 0 Å². The van der Waals surface area contributed by atoms with Gasteiger partial charge in [-0.15, -0.1) is 0 Å². The smallest absolute Gasteiger partial charge is 0.137 e. The Balaban J connectivity index is 1.95. The maximum absolute atomic E-state index is 9.43. The molecule has 1 aromatic carbocycles. The van der Waals surface area contributed by atoms with Crippen LogP contribution in [0.25, 0.3) is 0 Å². The average molecular weight is 313 g/mol. The summed E-state index contributed by atoms with van der Waals surface area (Å²) in [6.07, 6.45) is 11.3. The highest BCUT2D eigenvalue weighted by Gasteiger charge is 2.22. The Labute approximate surface area is 141 Å². The van der Waals surface area contributed by atoms with Crippen LogP contribution in [0.3, 0.4) is 0 Å². The summed E-state index contributed by atoms with van der Waals surface area (Å²) in [6.45, 7) is 5.18. The second kappa shape index (κ2) is 9.60. The average Bonchev–Trinajstić information content (AvgIpc) is 2.60. The van der Waals surface area contributed by atoms with Crippen molar-refractivity contribution in [3.8, 4) is 11.8 Å². The lowest BCUT2D eigenvalue weighted by Crippen LogP contribution is -2.13. The lowest BCUT2D eigenvalue weighted by molar-refractivity contribution is 0.302. The summed E-state index contributed by atoms with van der Waals surface area (Å²) in [5, 5.41) is 9.43. The van der Waals surface area contributed by atoms with Crippen LogP contribution in [-0.2, 0) is 0 Å². The Morgan fingerprint density at radius 1 is 1.09 bits per heavy atom. The van der Waals surface area contributed by atoms with E-state index in [0.717, 1.165) is 18.1 Å². The molecule has 0 N–H and O–H groups in total. The first-order chi connectivity index (χ1) is 11.3. The van der Waals surface area contributed by atoms with Crippen molar-refractivity contribution in [1.82, 2.24) is 0 Å². The van der Waals surface area contributed by atoms with E-state index in [9.17, 15) is 5.26 Å². The quantitative estimate of drug-likeness (QED) is 0.535. The molecule has 1 aromatic rings. The number of rotatable bonds is 8. The third kappa shape index (κ3) is 5.27. The van der Waals surface area contributed by atoms with Crippen molar-refractivity contribution in [3.05, 3.63) is 29.3 Å². The van der Waals surface area contributed by atoms with Crippen LogP contribution in [0.2, 0.25) is 0 Å². The van der Waals surface area contributed by atoms with Gasteiger partial charge in [0, 0.05) is 0 Å². The van der Waals surface area contributed by atoms with Gasteiger partial charge < -0.3 is 4.74 Å². The Kier molecular flexibility index (Phi) is 7.46. The predicted molar refractivity (Wildman–Crippen MR) is 95.8 cm³/mol. The molecular formula is C21H31NO. The van der Waals surface area contributed by atoms with Crippen molar-refractivity contribution < 1.29 is 4.74 Å². The van der Waals surface area contributed by atoms with E-state index in [0.29, 0.717) is 18.1 Å². The fourth-order valence-corrected chi connectivity index (χ4v) is 3.74. The summed E-state index contributed by atoms with van der Waals surface area (Å²) >= 11 is 0. The summed E-state index contributed by atoms with van der Waals surface area (Å²) < 4.78 is 5.80. The summed E-state index contributed by atoms with van der Waals surface area (Å²) in [6, 6.07) is 8.58. The molecule has 0 saturated heterocycles. The minimum absolute atomic E-state index is 0.629. The standard InChI is InChI=1S/C21H31NO/c1-3-5-6-14-23-21-13-12-19(15-20(21)16-22)18-10-8-17(7-4-2)9-11-18/h12-13,15,17-18H,3-11,14H2,1-2H3/t17-,18-. The monoisotopic (exact) mass is 313 g/mol. The van der Waals surface area contributed by atoms with E-state index >= 15 is 0 Å². The largest absolute Gasteiger partial charge is 0.492 e. The number of nitrogens with zero attached hydrogens (tertiary/aromatic N) is 1. The van der Waals surface area contributed by atoms with Gasteiger partial charge in [-0.05, 0) is 61.6 Å². The maximum Gasteiger partial charge on any atom is 0.137 e. The molecule has 1 aliphatic rings. The van der Waals surface area contributed by atoms with Gasteiger partial charge in [0.05, 0.1) is 12.2 Å². The van der Waals surface area contributed by atoms with Crippen LogP contribution in [0.1, 0.15) is 88.7 Å². The van der Waals surface area contributed by atoms with Crippen LogP contribution >= 0.6 is 0 Å². The Morgan fingerprint density at radius 2 is 1.87 bits per heavy atom. The second-order valence-electron chi connectivity index (χ2n) is 6.93. The molecule has 1 fully saturated rings. The first kappa shape index (κ1) is 17.9. The Morgan fingerprint density at radius 3 is 2.52 bits per heavy atom. The number of nitriles is 1. The predicted octanol–water partition coefficient (Wildman–Crippen LogP) is 6.20. The molecule has 23 heavy (non-hydrogen) atoms. The first-order valence-electron chi connectivity index (χ1n) is 9.45. The third-order valence-electron chi connectivity index (χ3n) is 5.14. The van der Waals surface area contributed by atoms with E-state index in [4.69, 9.17) is 4.74 Å². The lowest BCUT2D eigenvalue weighted by atomic mass is 9.77. The topological polar surface area (TPSA) is 33.0 Å². The molecule has 0 amide bonds. The zero-order valence-electron chi connectivity index (χ0n) is 14.8. The number of hydrogen-bond donors (Lipinski definition) is 0. The maximum atomic E-state index is 9.43. The molecule has 2 nitrogen and oxygen atoms in total.